The van der Waals surface area contributed by atoms with Crippen molar-refractivity contribution in [3.05, 3.63) is 24.3 Å². The molecule has 2 aliphatic heterocycles. The highest BCUT2D eigenvalue weighted by atomic mass is 32.2. The first-order valence-electron chi connectivity index (χ1n) is 8.60. The summed E-state index contributed by atoms with van der Waals surface area (Å²) in [6.45, 7) is 11.2. The average Bonchev–Trinajstić information content (AvgIpc) is 2.55. The lowest BCUT2D eigenvalue weighted by atomic mass is 10.2. The molecule has 2 heterocycles. The Morgan fingerprint density at radius 3 is 2.52 bits per heavy atom. The molecule has 2 aliphatic rings. The van der Waals surface area contributed by atoms with Gasteiger partial charge in [0, 0.05) is 49.9 Å². The third-order valence-corrected chi connectivity index (χ3v) is 5.52. The van der Waals surface area contributed by atoms with Crippen LogP contribution in [0.5, 0.6) is 0 Å². The Morgan fingerprint density at radius 1 is 1.09 bits per heavy atom. The number of carbonyl (C=O) groups excluding carboxylic acids is 1. The molecule has 126 valence electrons. The van der Waals surface area contributed by atoms with Gasteiger partial charge in [0.1, 0.15) is 0 Å². The summed E-state index contributed by atoms with van der Waals surface area (Å²) < 4.78 is 0. The summed E-state index contributed by atoms with van der Waals surface area (Å²) >= 11 is 1.85. The van der Waals surface area contributed by atoms with Gasteiger partial charge < -0.3 is 9.80 Å². The molecule has 0 aliphatic carbocycles. The van der Waals surface area contributed by atoms with E-state index in [9.17, 15) is 4.79 Å². The summed E-state index contributed by atoms with van der Waals surface area (Å²) in [4.78, 5) is 20.8. The second-order valence-corrected chi connectivity index (χ2v) is 7.97. The van der Waals surface area contributed by atoms with E-state index in [1.807, 2.05) is 28.8 Å². The van der Waals surface area contributed by atoms with Gasteiger partial charge in [0.05, 0.1) is 12.2 Å². The molecule has 0 radical (unpaired) electrons. The summed E-state index contributed by atoms with van der Waals surface area (Å²) in [7, 11) is 0. The molecule has 0 saturated carbocycles. The van der Waals surface area contributed by atoms with E-state index in [-0.39, 0.29) is 5.91 Å². The second-order valence-electron chi connectivity index (χ2n) is 6.83. The van der Waals surface area contributed by atoms with Gasteiger partial charge in [0.15, 0.2) is 0 Å². The van der Waals surface area contributed by atoms with Crippen LogP contribution >= 0.6 is 11.8 Å². The summed E-state index contributed by atoms with van der Waals surface area (Å²) in [5.41, 5.74) is 1.09. The lowest BCUT2D eigenvalue weighted by Crippen LogP contribution is -2.51. The molecular formula is C18H27N3OS. The van der Waals surface area contributed by atoms with Gasteiger partial charge in [0.25, 0.3) is 0 Å². The zero-order valence-corrected chi connectivity index (χ0v) is 15.0. The van der Waals surface area contributed by atoms with Crippen molar-refractivity contribution in [2.75, 3.05) is 56.5 Å². The van der Waals surface area contributed by atoms with E-state index in [2.05, 4.69) is 35.8 Å². The fourth-order valence-electron chi connectivity index (χ4n) is 3.35. The first kappa shape index (κ1) is 16.8. The number of benzene rings is 1. The third kappa shape index (κ3) is 4.28. The highest BCUT2D eigenvalue weighted by Crippen LogP contribution is 2.34. The molecule has 5 heteroatoms. The zero-order valence-electron chi connectivity index (χ0n) is 14.2. The molecule has 1 amide bonds. The van der Waals surface area contributed by atoms with Crippen LogP contribution < -0.4 is 4.90 Å². The van der Waals surface area contributed by atoms with Crippen molar-refractivity contribution in [1.29, 1.82) is 0 Å². The number of amides is 1. The van der Waals surface area contributed by atoms with Crippen molar-refractivity contribution < 1.29 is 4.79 Å². The maximum Gasteiger partial charge on any atom is 0.241 e. The number of hydrogen-bond acceptors (Lipinski definition) is 4. The van der Waals surface area contributed by atoms with Crippen LogP contribution in [-0.4, -0.2) is 67.3 Å². The predicted octanol–water partition coefficient (Wildman–Crippen LogP) is 2.40. The first-order valence-corrected chi connectivity index (χ1v) is 9.59. The Hall–Kier alpha value is -1.04. The highest BCUT2D eigenvalue weighted by molar-refractivity contribution is 7.99. The van der Waals surface area contributed by atoms with E-state index in [0.29, 0.717) is 12.5 Å². The molecule has 1 aromatic carbocycles. The predicted molar refractivity (Wildman–Crippen MR) is 97.2 cm³/mol. The number of piperazine rings is 1. The van der Waals surface area contributed by atoms with Crippen LogP contribution in [0.4, 0.5) is 5.69 Å². The maximum atomic E-state index is 12.7. The molecule has 1 saturated heterocycles. The number of thioether (sulfide) groups is 1. The molecule has 3 rings (SSSR count). The van der Waals surface area contributed by atoms with E-state index in [0.717, 1.165) is 44.2 Å². The standard InChI is InChI=1S/C18H27N3OS/c1-15(2)13-19-7-9-20(10-8-19)14-18(22)21-11-12-23-17-6-4-3-5-16(17)21/h3-6,15H,7-14H2,1-2H3. The Morgan fingerprint density at radius 2 is 1.78 bits per heavy atom. The molecule has 23 heavy (non-hydrogen) atoms. The van der Waals surface area contributed by atoms with E-state index >= 15 is 0 Å². The maximum absolute atomic E-state index is 12.7. The van der Waals surface area contributed by atoms with E-state index < -0.39 is 0 Å². The summed E-state index contributed by atoms with van der Waals surface area (Å²) in [5.74, 6) is 1.95. The third-order valence-electron chi connectivity index (χ3n) is 4.48. The van der Waals surface area contributed by atoms with Gasteiger partial charge in [-0.25, -0.2) is 0 Å². The van der Waals surface area contributed by atoms with Gasteiger partial charge >= 0.3 is 0 Å². The Kier molecular flexibility index (Phi) is 5.62. The number of carbonyl (C=O) groups is 1. The lowest BCUT2D eigenvalue weighted by molar-refractivity contribution is -0.120. The van der Waals surface area contributed by atoms with Gasteiger partial charge in [-0.2, -0.15) is 0 Å². The Labute approximate surface area is 143 Å². The largest absolute Gasteiger partial charge is 0.309 e. The van der Waals surface area contributed by atoms with Crippen LogP contribution in [0.1, 0.15) is 13.8 Å². The van der Waals surface area contributed by atoms with Crippen molar-refractivity contribution in [2.24, 2.45) is 5.92 Å². The van der Waals surface area contributed by atoms with E-state index in [1.165, 1.54) is 11.4 Å². The Balaban J connectivity index is 1.55. The fourth-order valence-corrected chi connectivity index (χ4v) is 4.35. The molecule has 1 aromatic rings. The van der Waals surface area contributed by atoms with Gasteiger partial charge in [0.2, 0.25) is 5.91 Å². The van der Waals surface area contributed by atoms with Crippen molar-refractivity contribution in [3.8, 4) is 0 Å². The summed E-state index contributed by atoms with van der Waals surface area (Å²) in [6, 6.07) is 8.26. The number of rotatable bonds is 4. The SMILES string of the molecule is CC(C)CN1CCN(CC(=O)N2CCSc3ccccc32)CC1. The van der Waals surface area contributed by atoms with Crippen LogP contribution in [0, 0.1) is 5.92 Å². The quantitative estimate of drug-likeness (QED) is 0.845. The van der Waals surface area contributed by atoms with Crippen LogP contribution in [-0.2, 0) is 4.79 Å². The Bertz CT molecular complexity index is 541. The lowest BCUT2D eigenvalue weighted by Gasteiger charge is -2.36. The summed E-state index contributed by atoms with van der Waals surface area (Å²) in [6.07, 6.45) is 0. The highest BCUT2D eigenvalue weighted by Gasteiger charge is 2.25. The molecule has 0 unspecified atom stereocenters. The zero-order chi connectivity index (χ0) is 16.2. The van der Waals surface area contributed by atoms with Gasteiger partial charge in [-0.3, -0.25) is 9.69 Å². The normalized spacial score (nSPS) is 19.9. The van der Waals surface area contributed by atoms with Gasteiger partial charge in [-0.15, -0.1) is 11.8 Å². The average molecular weight is 334 g/mol. The smallest absolute Gasteiger partial charge is 0.241 e. The van der Waals surface area contributed by atoms with E-state index in [1.54, 1.807) is 0 Å². The molecule has 0 N–H and O–H groups in total. The van der Waals surface area contributed by atoms with Crippen molar-refractivity contribution >= 4 is 23.4 Å². The number of hydrogen-bond donors (Lipinski definition) is 0. The molecule has 1 fully saturated rings. The first-order chi connectivity index (χ1) is 11.1. The topological polar surface area (TPSA) is 26.8 Å². The van der Waals surface area contributed by atoms with Gasteiger partial charge in [-0.1, -0.05) is 26.0 Å². The number of nitrogens with zero attached hydrogens (tertiary/aromatic N) is 3. The van der Waals surface area contributed by atoms with Crippen LogP contribution in [0.2, 0.25) is 0 Å². The molecular weight excluding hydrogens is 306 g/mol. The molecule has 0 spiro atoms. The van der Waals surface area contributed by atoms with Gasteiger partial charge in [-0.05, 0) is 18.1 Å². The minimum atomic E-state index is 0.245. The monoisotopic (exact) mass is 333 g/mol. The molecule has 0 aromatic heterocycles. The molecule has 4 nitrogen and oxygen atoms in total. The fraction of sp³-hybridized carbons (Fsp3) is 0.611. The minimum Gasteiger partial charge on any atom is -0.309 e. The van der Waals surface area contributed by atoms with Crippen LogP contribution in [0.15, 0.2) is 29.2 Å². The van der Waals surface area contributed by atoms with Crippen molar-refractivity contribution in [2.45, 2.75) is 18.7 Å². The number of para-hydroxylation sites is 1. The van der Waals surface area contributed by atoms with E-state index in [4.69, 9.17) is 0 Å². The summed E-state index contributed by atoms with van der Waals surface area (Å²) in [5, 5.41) is 0. The van der Waals surface area contributed by atoms with Crippen molar-refractivity contribution in [1.82, 2.24) is 9.80 Å². The van der Waals surface area contributed by atoms with Crippen molar-refractivity contribution in [3.63, 3.8) is 0 Å². The van der Waals surface area contributed by atoms with Crippen LogP contribution in [0.3, 0.4) is 0 Å². The molecule has 0 atom stereocenters. The number of anilines is 1. The second kappa shape index (κ2) is 7.69. The van der Waals surface area contributed by atoms with Crippen LogP contribution in [0.25, 0.3) is 0 Å². The number of fused-ring (bicyclic) bond motifs is 1. The molecule has 0 bridgehead atoms. The minimum absolute atomic E-state index is 0.245.